The van der Waals surface area contributed by atoms with Gasteiger partial charge in [-0.25, -0.2) is 4.79 Å². The molecule has 1 aliphatic rings. The minimum atomic E-state index is -0.398. The standard InChI is InChI=1S/C19H21NO4S/c1-3-11-24-14-9-5-4-7-12(14)17(21)20-18-16(19(22)23-2)13-8-6-10-15(13)25-18/h4-5,7,9H,3,6,8,10-11H2,1-2H3,(H,20,21). The monoisotopic (exact) mass is 359 g/mol. The molecule has 1 heterocycles. The molecule has 0 aliphatic heterocycles. The summed E-state index contributed by atoms with van der Waals surface area (Å²) in [5, 5.41) is 3.45. The van der Waals surface area contributed by atoms with E-state index in [1.165, 1.54) is 18.4 Å². The predicted molar refractivity (Wildman–Crippen MR) is 97.9 cm³/mol. The first-order valence-electron chi connectivity index (χ1n) is 8.41. The summed E-state index contributed by atoms with van der Waals surface area (Å²) in [6, 6.07) is 7.13. The van der Waals surface area contributed by atoms with Gasteiger partial charge in [0.25, 0.3) is 5.91 Å². The number of fused-ring (bicyclic) bond motifs is 1. The van der Waals surface area contributed by atoms with Crippen LogP contribution in [-0.4, -0.2) is 25.6 Å². The summed E-state index contributed by atoms with van der Waals surface area (Å²) in [6.07, 6.45) is 3.69. The van der Waals surface area contributed by atoms with Crippen molar-refractivity contribution in [2.24, 2.45) is 0 Å². The van der Waals surface area contributed by atoms with Gasteiger partial charge in [-0.2, -0.15) is 0 Å². The van der Waals surface area contributed by atoms with Crippen molar-refractivity contribution in [1.29, 1.82) is 0 Å². The van der Waals surface area contributed by atoms with E-state index in [1.807, 2.05) is 13.0 Å². The zero-order valence-corrected chi connectivity index (χ0v) is 15.2. The number of aryl methyl sites for hydroxylation is 1. The molecular weight excluding hydrogens is 338 g/mol. The van der Waals surface area contributed by atoms with Gasteiger partial charge in [0.05, 0.1) is 24.8 Å². The number of anilines is 1. The molecule has 25 heavy (non-hydrogen) atoms. The molecule has 0 saturated carbocycles. The Morgan fingerprint density at radius 1 is 1.24 bits per heavy atom. The van der Waals surface area contributed by atoms with Crippen LogP contribution in [0.2, 0.25) is 0 Å². The summed E-state index contributed by atoms with van der Waals surface area (Å²) >= 11 is 1.47. The third-order valence-corrected chi connectivity index (χ3v) is 5.34. The van der Waals surface area contributed by atoms with Crippen LogP contribution in [0.25, 0.3) is 0 Å². The highest BCUT2D eigenvalue weighted by molar-refractivity contribution is 7.17. The van der Waals surface area contributed by atoms with Gasteiger partial charge in [-0.15, -0.1) is 11.3 Å². The van der Waals surface area contributed by atoms with Crippen LogP contribution in [0.4, 0.5) is 5.00 Å². The molecule has 0 spiro atoms. The second-order valence-electron chi connectivity index (χ2n) is 5.85. The first kappa shape index (κ1) is 17.5. The maximum absolute atomic E-state index is 12.8. The van der Waals surface area contributed by atoms with Crippen LogP contribution in [0.5, 0.6) is 5.75 Å². The summed E-state index contributed by atoms with van der Waals surface area (Å²) in [7, 11) is 1.36. The van der Waals surface area contributed by atoms with Gasteiger partial charge in [-0.3, -0.25) is 4.79 Å². The van der Waals surface area contributed by atoms with Crippen molar-refractivity contribution in [2.75, 3.05) is 19.0 Å². The first-order chi connectivity index (χ1) is 12.2. The highest BCUT2D eigenvalue weighted by Crippen LogP contribution is 2.39. The average molecular weight is 359 g/mol. The van der Waals surface area contributed by atoms with E-state index in [9.17, 15) is 9.59 Å². The molecule has 1 aromatic carbocycles. The molecule has 5 nitrogen and oxygen atoms in total. The number of amides is 1. The van der Waals surface area contributed by atoms with Gasteiger partial charge < -0.3 is 14.8 Å². The number of nitrogens with one attached hydrogen (secondary N) is 1. The molecule has 0 radical (unpaired) electrons. The van der Waals surface area contributed by atoms with Gasteiger partial charge in [0.2, 0.25) is 0 Å². The van der Waals surface area contributed by atoms with E-state index >= 15 is 0 Å². The minimum absolute atomic E-state index is 0.281. The number of esters is 1. The Hall–Kier alpha value is -2.34. The number of carbonyl (C=O) groups excluding carboxylic acids is 2. The Kier molecular flexibility index (Phi) is 5.38. The maximum atomic E-state index is 12.8. The Morgan fingerprint density at radius 2 is 2.04 bits per heavy atom. The van der Waals surface area contributed by atoms with Gasteiger partial charge in [0.1, 0.15) is 10.8 Å². The molecular formula is C19H21NO4S. The van der Waals surface area contributed by atoms with Crippen LogP contribution in [0, 0.1) is 0 Å². The molecule has 2 aromatic rings. The van der Waals surface area contributed by atoms with Gasteiger partial charge in [-0.1, -0.05) is 19.1 Å². The average Bonchev–Trinajstić information content (AvgIpc) is 3.20. The molecule has 1 aliphatic carbocycles. The third kappa shape index (κ3) is 3.54. The summed E-state index contributed by atoms with van der Waals surface area (Å²) in [6.45, 7) is 2.56. The Morgan fingerprint density at radius 3 is 2.80 bits per heavy atom. The highest BCUT2D eigenvalue weighted by Gasteiger charge is 2.28. The van der Waals surface area contributed by atoms with Crippen LogP contribution >= 0.6 is 11.3 Å². The van der Waals surface area contributed by atoms with Crippen LogP contribution in [-0.2, 0) is 17.6 Å². The summed E-state index contributed by atoms with van der Waals surface area (Å²) in [5.74, 6) is -0.132. The fraction of sp³-hybridized carbons (Fsp3) is 0.368. The largest absolute Gasteiger partial charge is 0.493 e. The molecule has 1 amide bonds. The number of thiophene rings is 1. The van der Waals surface area contributed by atoms with Crippen molar-refractivity contribution in [3.63, 3.8) is 0 Å². The highest BCUT2D eigenvalue weighted by atomic mass is 32.1. The molecule has 6 heteroatoms. The molecule has 1 aromatic heterocycles. The Balaban J connectivity index is 1.88. The van der Waals surface area contributed by atoms with E-state index < -0.39 is 5.97 Å². The van der Waals surface area contributed by atoms with E-state index in [1.54, 1.807) is 18.2 Å². The van der Waals surface area contributed by atoms with Gasteiger partial charge in [-0.05, 0) is 43.4 Å². The lowest BCUT2D eigenvalue weighted by Crippen LogP contribution is -2.16. The summed E-state index contributed by atoms with van der Waals surface area (Å²) < 4.78 is 10.6. The van der Waals surface area contributed by atoms with Gasteiger partial charge >= 0.3 is 5.97 Å². The predicted octanol–water partition coefficient (Wildman–Crippen LogP) is 4.06. The fourth-order valence-electron chi connectivity index (χ4n) is 2.97. The van der Waals surface area contributed by atoms with Crippen molar-refractivity contribution < 1.29 is 19.1 Å². The molecule has 132 valence electrons. The molecule has 3 rings (SSSR count). The van der Waals surface area contributed by atoms with Crippen LogP contribution < -0.4 is 10.1 Å². The molecule has 0 fully saturated rings. The van der Waals surface area contributed by atoms with Crippen LogP contribution in [0.3, 0.4) is 0 Å². The summed E-state index contributed by atoms with van der Waals surface area (Å²) in [4.78, 5) is 26.1. The summed E-state index contributed by atoms with van der Waals surface area (Å²) in [5.41, 5.74) is 1.98. The van der Waals surface area contributed by atoms with E-state index in [0.29, 0.717) is 28.5 Å². The molecule has 0 atom stereocenters. The fourth-order valence-corrected chi connectivity index (χ4v) is 4.25. The Bertz CT molecular complexity index is 797. The van der Waals surface area contributed by atoms with Crippen LogP contribution in [0.15, 0.2) is 24.3 Å². The SMILES string of the molecule is CCCOc1ccccc1C(=O)Nc1sc2c(c1C(=O)OC)CCC2. The second kappa shape index (κ2) is 7.70. The van der Waals surface area contributed by atoms with Crippen molar-refractivity contribution in [3.8, 4) is 5.75 Å². The zero-order valence-electron chi connectivity index (χ0n) is 14.4. The molecule has 0 bridgehead atoms. The maximum Gasteiger partial charge on any atom is 0.341 e. The Labute approximate surface area is 151 Å². The van der Waals surface area contributed by atoms with Crippen molar-refractivity contribution in [3.05, 3.63) is 45.8 Å². The number of ether oxygens (including phenoxy) is 2. The number of para-hydroxylation sites is 1. The van der Waals surface area contributed by atoms with E-state index in [2.05, 4.69) is 5.32 Å². The number of hydrogen-bond donors (Lipinski definition) is 1. The van der Waals surface area contributed by atoms with E-state index in [-0.39, 0.29) is 5.91 Å². The molecule has 1 N–H and O–H groups in total. The number of benzene rings is 1. The van der Waals surface area contributed by atoms with E-state index in [4.69, 9.17) is 9.47 Å². The number of hydrogen-bond acceptors (Lipinski definition) is 5. The third-order valence-electron chi connectivity index (χ3n) is 4.13. The second-order valence-corrected chi connectivity index (χ2v) is 6.96. The lowest BCUT2D eigenvalue weighted by molar-refractivity contribution is 0.0601. The van der Waals surface area contributed by atoms with Crippen molar-refractivity contribution in [1.82, 2.24) is 0 Å². The zero-order chi connectivity index (χ0) is 17.8. The smallest absolute Gasteiger partial charge is 0.341 e. The van der Waals surface area contributed by atoms with Gasteiger partial charge in [0.15, 0.2) is 0 Å². The molecule has 0 saturated heterocycles. The lowest BCUT2D eigenvalue weighted by Gasteiger charge is -2.11. The minimum Gasteiger partial charge on any atom is -0.493 e. The number of rotatable bonds is 6. The normalized spacial score (nSPS) is 12.6. The quantitative estimate of drug-likeness (QED) is 0.790. The topological polar surface area (TPSA) is 64.6 Å². The first-order valence-corrected chi connectivity index (χ1v) is 9.23. The molecule has 0 unspecified atom stereocenters. The van der Waals surface area contributed by atoms with Gasteiger partial charge in [0, 0.05) is 4.88 Å². The van der Waals surface area contributed by atoms with Crippen LogP contribution in [0.1, 0.15) is 50.9 Å². The van der Waals surface area contributed by atoms with E-state index in [0.717, 1.165) is 36.1 Å². The number of carbonyl (C=O) groups is 2. The van der Waals surface area contributed by atoms with Crippen molar-refractivity contribution >= 4 is 28.2 Å². The van der Waals surface area contributed by atoms with Crippen molar-refractivity contribution in [2.45, 2.75) is 32.6 Å². The number of methoxy groups -OCH3 is 1. The lowest BCUT2D eigenvalue weighted by atomic mass is 10.1.